The number of carbonyl (C=O) groups excluding carboxylic acids is 1. The third-order valence-electron chi connectivity index (χ3n) is 5.39. The molecule has 4 rings (SSSR count). The van der Waals surface area contributed by atoms with Gasteiger partial charge in [0.05, 0.1) is 17.6 Å². The van der Waals surface area contributed by atoms with Crippen molar-refractivity contribution in [3.05, 3.63) is 81.7 Å². The highest BCUT2D eigenvalue weighted by molar-refractivity contribution is 5.90. The van der Waals surface area contributed by atoms with E-state index in [9.17, 15) is 14.0 Å². The van der Waals surface area contributed by atoms with Crippen LogP contribution >= 0.6 is 0 Å². The first-order chi connectivity index (χ1) is 15.2. The summed E-state index contributed by atoms with van der Waals surface area (Å²) < 4.78 is 16.2. The maximum atomic E-state index is 13.4. The summed E-state index contributed by atoms with van der Waals surface area (Å²) in [4.78, 5) is 25.9. The molecule has 0 atom stereocenters. The molecule has 1 amide bonds. The molecular weight excluding hydrogens is 409 g/mol. The predicted molar refractivity (Wildman–Crippen MR) is 122 cm³/mol. The SMILES string of the molecule is Cc1ccc(-n2ncc3c(C(C)C)nn(CC(=O)Nc4cccc(F)c4)c(=O)c32)cc1C. The van der Waals surface area contributed by atoms with Crippen molar-refractivity contribution in [1.29, 1.82) is 0 Å². The third kappa shape index (κ3) is 4.03. The summed E-state index contributed by atoms with van der Waals surface area (Å²) in [5.74, 6) is -0.927. The van der Waals surface area contributed by atoms with Gasteiger partial charge in [-0.15, -0.1) is 0 Å². The first kappa shape index (κ1) is 21.4. The largest absolute Gasteiger partial charge is 0.324 e. The fraction of sp³-hybridized carbons (Fsp3) is 0.250. The molecule has 7 nitrogen and oxygen atoms in total. The molecule has 0 fully saturated rings. The first-order valence-electron chi connectivity index (χ1n) is 10.4. The van der Waals surface area contributed by atoms with E-state index in [0.29, 0.717) is 22.3 Å². The zero-order chi connectivity index (χ0) is 23.0. The van der Waals surface area contributed by atoms with Crippen molar-refractivity contribution in [2.75, 3.05) is 5.32 Å². The van der Waals surface area contributed by atoms with E-state index in [-0.39, 0.29) is 12.5 Å². The van der Waals surface area contributed by atoms with Gasteiger partial charge in [-0.05, 0) is 61.2 Å². The number of amides is 1. The van der Waals surface area contributed by atoms with Crippen LogP contribution in [0.4, 0.5) is 10.1 Å². The lowest BCUT2D eigenvalue weighted by atomic mass is 10.1. The highest BCUT2D eigenvalue weighted by Gasteiger charge is 2.20. The number of carbonyl (C=O) groups is 1. The van der Waals surface area contributed by atoms with Gasteiger partial charge in [-0.2, -0.15) is 10.2 Å². The smallest absolute Gasteiger partial charge is 0.293 e. The van der Waals surface area contributed by atoms with Gasteiger partial charge < -0.3 is 5.32 Å². The molecule has 0 saturated carbocycles. The molecule has 32 heavy (non-hydrogen) atoms. The molecule has 0 bridgehead atoms. The molecule has 0 aliphatic heterocycles. The molecule has 0 saturated heterocycles. The Kier molecular flexibility index (Phi) is 5.61. The Balaban J connectivity index is 1.79. The Morgan fingerprint density at radius 2 is 1.91 bits per heavy atom. The van der Waals surface area contributed by atoms with E-state index in [4.69, 9.17) is 0 Å². The quantitative estimate of drug-likeness (QED) is 0.514. The number of benzene rings is 2. The van der Waals surface area contributed by atoms with Crippen LogP contribution in [0.3, 0.4) is 0 Å². The number of aryl methyl sites for hydroxylation is 2. The zero-order valence-corrected chi connectivity index (χ0v) is 18.4. The second-order valence-corrected chi connectivity index (χ2v) is 8.15. The summed E-state index contributed by atoms with van der Waals surface area (Å²) in [6, 6.07) is 11.4. The fourth-order valence-corrected chi connectivity index (χ4v) is 3.58. The minimum Gasteiger partial charge on any atom is -0.324 e. The van der Waals surface area contributed by atoms with Crippen LogP contribution in [0.15, 0.2) is 53.5 Å². The maximum Gasteiger partial charge on any atom is 0.293 e. The molecule has 1 N–H and O–H groups in total. The van der Waals surface area contributed by atoms with Gasteiger partial charge in [-0.3, -0.25) is 9.59 Å². The number of anilines is 1. The Morgan fingerprint density at radius 1 is 1.12 bits per heavy atom. The number of hydrogen-bond acceptors (Lipinski definition) is 4. The molecule has 8 heteroatoms. The van der Waals surface area contributed by atoms with Gasteiger partial charge in [0.1, 0.15) is 17.9 Å². The van der Waals surface area contributed by atoms with E-state index in [1.807, 2.05) is 45.9 Å². The normalized spacial score (nSPS) is 11.3. The van der Waals surface area contributed by atoms with Crippen LogP contribution < -0.4 is 10.9 Å². The van der Waals surface area contributed by atoms with Crippen LogP contribution in [-0.2, 0) is 11.3 Å². The van der Waals surface area contributed by atoms with Gasteiger partial charge in [0.25, 0.3) is 5.56 Å². The number of nitrogens with one attached hydrogen (secondary N) is 1. The number of fused-ring (bicyclic) bond motifs is 1. The second kappa shape index (κ2) is 8.37. The highest BCUT2D eigenvalue weighted by atomic mass is 19.1. The van der Waals surface area contributed by atoms with E-state index < -0.39 is 17.3 Å². The first-order valence-corrected chi connectivity index (χ1v) is 10.4. The van der Waals surface area contributed by atoms with Crippen LogP contribution in [0.5, 0.6) is 0 Å². The van der Waals surface area contributed by atoms with Crippen molar-refractivity contribution in [2.45, 2.75) is 40.2 Å². The lowest BCUT2D eigenvalue weighted by molar-refractivity contribution is -0.117. The van der Waals surface area contributed by atoms with Crippen molar-refractivity contribution in [1.82, 2.24) is 19.6 Å². The van der Waals surface area contributed by atoms with Crippen LogP contribution in [0.25, 0.3) is 16.6 Å². The van der Waals surface area contributed by atoms with Crippen LogP contribution in [0.1, 0.15) is 36.6 Å². The van der Waals surface area contributed by atoms with E-state index in [0.717, 1.165) is 21.5 Å². The molecule has 164 valence electrons. The van der Waals surface area contributed by atoms with Crippen LogP contribution in [0, 0.1) is 19.7 Å². The predicted octanol–water partition coefficient (Wildman–Crippen LogP) is 4.10. The molecule has 2 aromatic carbocycles. The average Bonchev–Trinajstić information content (AvgIpc) is 3.17. The van der Waals surface area contributed by atoms with Crippen LogP contribution in [0.2, 0.25) is 0 Å². The van der Waals surface area contributed by atoms with Gasteiger partial charge in [-0.25, -0.2) is 13.8 Å². The monoisotopic (exact) mass is 433 g/mol. The molecular formula is C24H24FN5O2. The van der Waals surface area contributed by atoms with E-state index in [1.165, 1.54) is 18.2 Å². The van der Waals surface area contributed by atoms with Crippen molar-refractivity contribution in [2.24, 2.45) is 0 Å². The van der Waals surface area contributed by atoms with Crippen molar-refractivity contribution in [3.63, 3.8) is 0 Å². The van der Waals surface area contributed by atoms with E-state index in [2.05, 4.69) is 15.5 Å². The molecule has 0 spiro atoms. The summed E-state index contributed by atoms with van der Waals surface area (Å²) in [6.45, 7) is 7.66. The number of nitrogens with zero attached hydrogens (tertiary/aromatic N) is 4. The summed E-state index contributed by atoms with van der Waals surface area (Å²) in [5.41, 5.74) is 3.92. The van der Waals surface area contributed by atoms with Crippen molar-refractivity contribution in [3.8, 4) is 5.69 Å². The van der Waals surface area contributed by atoms with E-state index >= 15 is 0 Å². The maximum absolute atomic E-state index is 13.4. The number of hydrogen-bond donors (Lipinski definition) is 1. The van der Waals surface area contributed by atoms with Gasteiger partial charge in [0.15, 0.2) is 0 Å². The lowest BCUT2D eigenvalue weighted by Gasteiger charge is -2.13. The van der Waals surface area contributed by atoms with Crippen LogP contribution in [-0.4, -0.2) is 25.5 Å². The molecule has 2 heterocycles. The Labute approximate surface area is 184 Å². The van der Waals surface area contributed by atoms with Gasteiger partial charge >= 0.3 is 0 Å². The van der Waals surface area contributed by atoms with Gasteiger partial charge in [0, 0.05) is 11.1 Å². The summed E-state index contributed by atoms with van der Waals surface area (Å²) in [5, 5.41) is 12.2. The topological polar surface area (TPSA) is 81.8 Å². The summed E-state index contributed by atoms with van der Waals surface area (Å²) in [7, 11) is 0. The van der Waals surface area contributed by atoms with E-state index in [1.54, 1.807) is 16.9 Å². The highest BCUT2D eigenvalue weighted by Crippen LogP contribution is 2.24. The lowest BCUT2D eigenvalue weighted by Crippen LogP contribution is -2.31. The number of halogens is 1. The minimum atomic E-state index is -0.475. The third-order valence-corrected chi connectivity index (χ3v) is 5.39. The van der Waals surface area contributed by atoms with Crippen molar-refractivity contribution < 1.29 is 9.18 Å². The molecule has 0 radical (unpaired) electrons. The number of rotatable bonds is 5. The Bertz CT molecular complexity index is 1390. The molecule has 0 aliphatic rings. The average molecular weight is 433 g/mol. The zero-order valence-electron chi connectivity index (χ0n) is 18.4. The Morgan fingerprint density at radius 3 is 2.59 bits per heavy atom. The standard InChI is InChI=1S/C24H24FN5O2/c1-14(2)22-20-12-26-30(19-9-8-15(3)16(4)10-19)23(20)24(32)29(28-22)13-21(31)27-18-7-5-6-17(25)11-18/h5-12,14H,13H2,1-4H3,(H,27,31). The van der Waals surface area contributed by atoms with Gasteiger partial charge in [0.2, 0.25) is 5.91 Å². The van der Waals surface area contributed by atoms with Gasteiger partial charge in [-0.1, -0.05) is 26.0 Å². The molecule has 0 unspecified atom stereocenters. The second-order valence-electron chi connectivity index (χ2n) is 8.15. The summed E-state index contributed by atoms with van der Waals surface area (Å²) >= 11 is 0. The minimum absolute atomic E-state index is 0.00744. The molecule has 2 aromatic heterocycles. The summed E-state index contributed by atoms with van der Waals surface area (Å²) in [6.07, 6.45) is 1.64. The fourth-order valence-electron chi connectivity index (χ4n) is 3.58. The Hall–Kier alpha value is -3.81. The molecule has 4 aromatic rings. The number of aromatic nitrogens is 4. The van der Waals surface area contributed by atoms with Crippen molar-refractivity contribution >= 4 is 22.5 Å². The molecule has 0 aliphatic carbocycles.